The molecule has 0 spiro atoms. The fraction of sp³-hybridized carbons (Fsp3) is 0.500. The first-order valence-corrected chi connectivity index (χ1v) is 8.04. The molecule has 0 aromatic carbocycles. The van der Waals surface area contributed by atoms with Crippen LogP contribution >= 0.6 is 7.82 Å². The molecule has 0 bridgehead atoms. The van der Waals surface area contributed by atoms with Crippen LogP contribution in [0.2, 0.25) is 0 Å². The maximum Gasteiger partial charge on any atom is 0.469 e. The number of phosphoric acid groups is 1. The Kier molecular flexibility index (Phi) is 3.96. The molecule has 0 radical (unpaired) electrons. The molecule has 5 N–H and O–H groups in total. The molecule has 0 aliphatic carbocycles. The van der Waals surface area contributed by atoms with Gasteiger partial charge < -0.3 is 25.4 Å². The number of nitrogens with two attached hydrogens (primary N) is 1. The summed E-state index contributed by atoms with van der Waals surface area (Å²) in [5.41, 5.74) is 4.85. The summed E-state index contributed by atoms with van der Waals surface area (Å²) in [6.07, 6.45) is 0.424. The molecule has 12 nitrogen and oxygen atoms in total. The van der Waals surface area contributed by atoms with Gasteiger partial charge in [0, 0.05) is 18.8 Å². The lowest BCUT2D eigenvalue weighted by molar-refractivity contribution is -0.0424. The van der Waals surface area contributed by atoms with E-state index in [0.29, 0.717) is 0 Å². The maximum absolute atomic E-state index is 11.7. The Morgan fingerprint density at radius 3 is 2.87 bits per heavy atom. The van der Waals surface area contributed by atoms with E-state index in [-0.39, 0.29) is 18.1 Å². The van der Waals surface area contributed by atoms with Gasteiger partial charge in [0.25, 0.3) is 0 Å². The second-order valence-electron chi connectivity index (χ2n) is 4.96. The molecule has 0 saturated carbocycles. The normalized spacial score (nSPS) is 25.3. The summed E-state index contributed by atoms with van der Waals surface area (Å²) in [6, 6.07) is 0. The minimum Gasteiger partial charge on any atom is -0.390 e. The largest absolute Gasteiger partial charge is 0.469 e. The topological polar surface area (TPSA) is 174 Å². The molecule has 13 heteroatoms. The Morgan fingerprint density at radius 1 is 1.43 bits per heavy atom. The minimum absolute atomic E-state index is 0.123. The molecule has 3 atom stereocenters. The zero-order valence-corrected chi connectivity index (χ0v) is 12.5. The number of nitrogen functional groups attached to an aromatic ring is 1. The summed E-state index contributed by atoms with van der Waals surface area (Å²) in [7, 11) is -4.66. The molecule has 0 amide bonds. The van der Waals surface area contributed by atoms with Gasteiger partial charge in [-0.2, -0.15) is 9.97 Å². The molecule has 1 aliphatic heterocycles. The lowest BCUT2D eigenvalue weighted by Crippen LogP contribution is -2.26. The molecule has 23 heavy (non-hydrogen) atoms. The van der Waals surface area contributed by atoms with Crippen molar-refractivity contribution in [3.63, 3.8) is 0 Å². The number of aromatic nitrogens is 4. The van der Waals surface area contributed by atoms with Crippen molar-refractivity contribution in [2.75, 3.05) is 12.3 Å². The molecular weight excluding hydrogens is 333 g/mol. The number of ether oxygens (including phenoxy) is 1. The lowest BCUT2D eigenvalue weighted by atomic mass is 10.2. The van der Waals surface area contributed by atoms with E-state index in [1.165, 1.54) is 17.0 Å². The molecule has 1 fully saturated rings. The third-order valence-electron chi connectivity index (χ3n) is 3.37. The zero-order valence-electron chi connectivity index (χ0n) is 11.6. The van der Waals surface area contributed by atoms with Crippen molar-refractivity contribution in [1.82, 2.24) is 18.9 Å². The van der Waals surface area contributed by atoms with Crippen molar-refractivity contribution in [2.24, 2.45) is 0 Å². The van der Waals surface area contributed by atoms with Gasteiger partial charge in [-0.05, 0) is 0 Å². The van der Waals surface area contributed by atoms with Crippen molar-refractivity contribution in [2.45, 2.75) is 24.9 Å². The highest BCUT2D eigenvalue weighted by Crippen LogP contribution is 2.38. The Labute approximate surface area is 128 Å². The molecule has 3 rings (SSSR count). The number of imidazole rings is 1. The van der Waals surface area contributed by atoms with Crippen molar-refractivity contribution < 1.29 is 28.7 Å². The van der Waals surface area contributed by atoms with Crippen molar-refractivity contribution in [1.29, 1.82) is 0 Å². The predicted octanol–water partition coefficient (Wildman–Crippen LogP) is -1.77. The average Bonchev–Trinajstić information content (AvgIpc) is 2.99. The highest BCUT2D eigenvalue weighted by Gasteiger charge is 2.37. The van der Waals surface area contributed by atoms with Crippen LogP contribution in [0.25, 0.3) is 5.78 Å². The van der Waals surface area contributed by atoms with E-state index in [1.54, 1.807) is 0 Å². The van der Waals surface area contributed by atoms with Crippen LogP contribution in [-0.2, 0) is 13.8 Å². The quantitative estimate of drug-likeness (QED) is 0.463. The molecular formula is C10H14N5O7P. The smallest absolute Gasteiger partial charge is 0.390 e. The van der Waals surface area contributed by atoms with Crippen LogP contribution in [0.4, 0.5) is 5.95 Å². The van der Waals surface area contributed by atoms with Gasteiger partial charge in [0.1, 0.15) is 12.3 Å². The number of hydrogen-bond donors (Lipinski definition) is 4. The number of hydrogen-bond acceptors (Lipinski definition) is 8. The number of aliphatic hydroxyl groups is 1. The second kappa shape index (κ2) is 5.67. The third kappa shape index (κ3) is 3.27. The Hall–Kier alpha value is -1.82. The van der Waals surface area contributed by atoms with Crippen LogP contribution in [0.3, 0.4) is 0 Å². The first-order chi connectivity index (χ1) is 10.7. The van der Waals surface area contributed by atoms with Crippen LogP contribution in [0, 0.1) is 0 Å². The summed E-state index contributed by atoms with van der Waals surface area (Å²) >= 11 is 0. The zero-order chi connectivity index (χ0) is 16.8. The average molecular weight is 347 g/mol. The molecule has 2 aromatic rings. The maximum atomic E-state index is 11.7. The molecule has 0 unspecified atom stereocenters. The van der Waals surface area contributed by atoms with Gasteiger partial charge in [-0.25, -0.2) is 13.8 Å². The Bertz CT molecular complexity index is 829. The van der Waals surface area contributed by atoms with Gasteiger partial charge in [0.05, 0.1) is 12.7 Å². The first-order valence-electron chi connectivity index (χ1n) is 6.51. The molecule has 126 valence electrons. The highest BCUT2D eigenvalue weighted by molar-refractivity contribution is 7.46. The van der Waals surface area contributed by atoms with Gasteiger partial charge in [-0.15, -0.1) is 0 Å². The van der Waals surface area contributed by atoms with Crippen molar-refractivity contribution >= 4 is 19.5 Å². The van der Waals surface area contributed by atoms with E-state index < -0.39 is 38.6 Å². The van der Waals surface area contributed by atoms with Crippen LogP contribution in [0.1, 0.15) is 12.6 Å². The number of aliphatic hydroxyl groups excluding tert-OH is 1. The van der Waals surface area contributed by atoms with Gasteiger partial charge in [-0.1, -0.05) is 0 Å². The van der Waals surface area contributed by atoms with E-state index in [9.17, 15) is 14.5 Å². The van der Waals surface area contributed by atoms with Crippen molar-refractivity contribution in [3.05, 3.63) is 22.9 Å². The third-order valence-corrected chi connectivity index (χ3v) is 3.86. The van der Waals surface area contributed by atoms with Gasteiger partial charge >= 0.3 is 13.5 Å². The highest BCUT2D eigenvalue weighted by atomic mass is 31.2. The van der Waals surface area contributed by atoms with Gasteiger partial charge in [0.2, 0.25) is 11.7 Å². The van der Waals surface area contributed by atoms with Crippen LogP contribution in [0.5, 0.6) is 0 Å². The summed E-state index contributed by atoms with van der Waals surface area (Å²) in [4.78, 5) is 36.5. The second-order valence-corrected chi connectivity index (χ2v) is 6.20. The standard InChI is InChI=1S/C10H14N5O7P/c11-8-12-9-14(1-2-15(9)10(17)13-8)7-3-5(16)6(22-7)4-21-23(18,19)20/h1-2,5-7,16H,3-4H2,(H2,11,13,17)(H2,18,19,20)/t5-,6+,7+/m0/s1. The number of nitrogens with zero attached hydrogens (tertiary/aromatic N) is 4. The first kappa shape index (κ1) is 16.1. The molecule has 3 heterocycles. The van der Waals surface area contributed by atoms with Crippen LogP contribution < -0.4 is 11.4 Å². The van der Waals surface area contributed by atoms with E-state index >= 15 is 0 Å². The number of phosphoric ester groups is 1. The number of anilines is 1. The molecule has 2 aromatic heterocycles. The summed E-state index contributed by atoms with van der Waals surface area (Å²) in [5.74, 6) is -0.0221. The van der Waals surface area contributed by atoms with E-state index in [4.69, 9.17) is 20.3 Å². The predicted molar refractivity (Wildman–Crippen MR) is 74.2 cm³/mol. The number of rotatable bonds is 4. The SMILES string of the molecule is Nc1nc(=O)n2ccn([C@H]3C[C@H](O)[C@@H](COP(=O)(O)O)O3)c2n1. The van der Waals surface area contributed by atoms with E-state index in [2.05, 4.69) is 14.5 Å². The lowest BCUT2D eigenvalue weighted by Gasteiger charge is -2.16. The molecule has 1 aliphatic rings. The molecule has 1 saturated heterocycles. The van der Waals surface area contributed by atoms with Gasteiger partial charge in [-0.3, -0.25) is 9.09 Å². The summed E-state index contributed by atoms with van der Waals surface area (Å²) in [5, 5.41) is 9.94. The fourth-order valence-electron chi connectivity index (χ4n) is 2.37. The summed E-state index contributed by atoms with van der Waals surface area (Å²) < 4.78 is 23.2. The summed E-state index contributed by atoms with van der Waals surface area (Å²) in [6.45, 7) is -0.474. The van der Waals surface area contributed by atoms with Crippen LogP contribution in [0.15, 0.2) is 17.2 Å². The minimum atomic E-state index is -4.66. The fourth-order valence-corrected chi connectivity index (χ4v) is 2.71. The Balaban J connectivity index is 1.84. The van der Waals surface area contributed by atoms with E-state index in [1.807, 2.05) is 0 Å². The van der Waals surface area contributed by atoms with E-state index in [0.717, 1.165) is 4.40 Å². The van der Waals surface area contributed by atoms with Gasteiger partial charge in [0.15, 0.2) is 0 Å². The Morgan fingerprint density at radius 2 is 2.17 bits per heavy atom. The number of fused-ring (bicyclic) bond motifs is 1. The van der Waals surface area contributed by atoms with Crippen molar-refractivity contribution in [3.8, 4) is 0 Å². The monoisotopic (exact) mass is 347 g/mol. The van der Waals surface area contributed by atoms with Crippen LogP contribution in [-0.4, -0.2) is 52.6 Å².